The Balaban J connectivity index is 0.00000288. The van der Waals surface area contributed by atoms with Crippen LogP contribution in [0.2, 0.25) is 0 Å². The molecule has 6 nitrogen and oxygen atoms in total. The summed E-state index contributed by atoms with van der Waals surface area (Å²) in [4.78, 5) is 12.1. The molecule has 0 aromatic heterocycles. The number of carbonyl (C=O) groups excluding carboxylic acids is 1. The molecule has 24 heavy (non-hydrogen) atoms. The van der Waals surface area contributed by atoms with Gasteiger partial charge in [-0.05, 0) is 25.5 Å². The average molecular weight is 359 g/mol. The van der Waals surface area contributed by atoms with Crippen molar-refractivity contribution < 1.29 is 19.0 Å². The zero-order valence-corrected chi connectivity index (χ0v) is 15.1. The Bertz CT molecular complexity index is 507. The number of aryl methyl sites for hydroxylation is 1. The average Bonchev–Trinajstić information content (AvgIpc) is 2.58. The summed E-state index contributed by atoms with van der Waals surface area (Å²) in [5.74, 6) is 0.739. The first-order valence-corrected chi connectivity index (χ1v) is 8.09. The molecule has 1 heterocycles. The summed E-state index contributed by atoms with van der Waals surface area (Å²) in [7, 11) is 0. The minimum atomic E-state index is -0.281. The zero-order valence-electron chi connectivity index (χ0n) is 14.3. The van der Waals surface area contributed by atoms with Crippen molar-refractivity contribution >= 4 is 18.3 Å². The minimum absolute atomic E-state index is 0. The van der Waals surface area contributed by atoms with E-state index in [1.54, 1.807) is 0 Å². The van der Waals surface area contributed by atoms with Crippen LogP contribution in [0.4, 0.5) is 0 Å². The SMILES string of the molecule is CCOCCOc1cc(C)ccc1CNC(=O)C1COCCN1.Cl. The van der Waals surface area contributed by atoms with Gasteiger partial charge in [-0.15, -0.1) is 12.4 Å². The van der Waals surface area contributed by atoms with E-state index < -0.39 is 0 Å². The molecular formula is C17H27ClN2O4. The molecule has 1 fully saturated rings. The molecule has 0 saturated carbocycles. The Labute approximate surface area is 149 Å². The molecule has 0 radical (unpaired) electrons. The summed E-state index contributed by atoms with van der Waals surface area (Å²) >= 11 is 0. The van der Waals surface area contributed by atoms with Gasteiger partial charge in [0.15, 0.2) is 0 Å². The van der Waals surface area contributed by atoms with E-state index >= 15 is 0 Å². The lowest BCUT2D eigenvalue weighted by Gasteiger charge is -2.23. The summed E-state index contributed by atoms with van der Waals surface area (Å²) in [5, 5.41) is 6.08. The highest BCUT2D eigenvalue weighted by molar-refractivity contribution is 5.85. The van der Waals surface area contributed by atoms with E-state index in [9.17, 15) is 4.79 Å². The van der Waals surface area contributed by atoms with Crippen LogP contribution < -0.4 is 15.4 Å². The highest BCUT2D eigenvalue weighted by Crippen LogP contribution is 2.20. The quantitative estimate of drug-likeness (QED) is 0.688. The minimum Gasteiger partial charge on any atom is -0.491 e. The lowest BCUT2D eigenvalue weighted by molar-refractivity contribution is -0.126. The van der Waals surface area contributed by atoms with Crippen LogP contribution in [0.25, 0.3) is 0 Å². The van der Waals surface area contributed by atoms with Crippen LogP contribution in [0.1, 0.15) is 18.1 Å². The van der Waals surface area contributed by atoms with Crippen molar-refractivity contribution in [1.82, 2.24) is 10.6 Å². The molecule has 0 aliphatic carbocycles. The fourth-order valence-electron chi connectivity index (χ4n) is 2.34. The monoisotopic (exact) mass is 358 g/mol. The number of rotatable bonds is 8. The number of nitrogens with one attached hydrogen (secondary N) is 2. The second-order valence-electron chi connectivity index (χ2n) is 5.46. The Morgan fingerprint density at radius 3 is 2.96 bits per heavy atom. The van der Waals surface area contributed by atoms with Gasteiger partial charge < -0.3 is 24.8 Å². The van der Waals surface area contributed by atoms with Crippen molar-refractivity contribution in [2.24, 2.45) is 0 Å². The first kappa shape index (κ1) is 20.7. The van der Waals surface area contributed by atoms with Gasteiger partial charge in [-0.25, -0.2) is 0 Å². The van der Waals surface area contributed by atoms with E-state index in [0.717, 1.165) is 16.9 Å². The van der Waals surface area contributed by atoms with Gasteiger partial charge in [0.2, 0.25) is 5.91 Å². The molecule has 1 saturated heterocycles. The Kier molecular flexibility index (Phi) is 9.71. The topological polar surface area (TPSA) is 68.8 Å². The second kappa shape index (κ2) is 11.3. The van der Waals surface area contributed by atoms with Crippen LogP contribution in [0.5, 0.6) is 5.75 Å². The summed E-state index contributed by atoms with van der Waals surface area (Å²) in [6.45, 7) is 7.90. The second-order valence-corrected chi connectivity index (χ2v) is 5.46. The van der Waals surface area contributed by atoms with E-state index in [1.165, 1.54) is 0 Å². The number of carbonyl (C=O) groups is 1. The molecule has 0 bridgehead atoms. The van der Waals surface area contributed by atoms with Crippen molar-refractivity contribution in [3.63, 3.8) is 0 Å². The van der Waals surface area contributed by atoms with E-state index in [1.807, 2.05) is 32.0 Å². The van der Waals surface area contributed by atoms with E-state index in [2.05, 4.69) is 10.6 Å². The van der Waals surface area contributed by atoms with E-state index in [4.69, 9.17) is 14.2 Å². The molecule has 1 atom stereocenters. The number of amides is 1. The van der Waals surface area contributed by atoms with Crippen molar-refractivity contribution in [3.8, 4) is 5.75 Å². The number of benzene rings is 1. The lowest BCUT2D eigenvalue weighted by Crippen LogP contribution is -2.51. The predicted octanol–water partition coefficient (Wildman–Crippen LogP) is 1.44. The fourth-order valence-corrected chi connectivity index (χ4v) is 2.34. The maximum Gasteiger partial charge on any atom is 0.239 e. The van der Waals surface area contributed by atoms with Crippen molar-refractivity contribution in [2.75, 3.05) is 39.6 Å². The van der Waals surface area contributed by atoms with Gasteiger partial charge in [-0.3, -0.25) is 4.79 Å². The van der Waals surface area contributed by atoms with Crippen LogP contribution in [-0.2, 0) is 20.8 Å². The number of ether oxygens (including phenoxy) is 3. The molecule has 1 aromatic rings. The van der Waals surface area contributed by atoms with Gasteiger partial charge in [0, 0.05) is 25.3 Å². The standard InChI is InChI=1S/C17H26N2O4.ClH/c1-3-21-8-9-23-16-10-13(2)4-5-14(16)11-19-17(20)15-12-22-7-6-18-15;/h4-5,10,15,18H,3,6-9,11-12H2,1-2H3,(H,19,20);1H. The molecular weight excluding hydrogens is 332 g/mol. The van der Waals surface area contributed by atoms with Gasteiger partial charge in [0.1, 0.15) is 18.4 Å². The van der Waals surface area contributed by atoms with E-state index in [0.29, 0.717) is 46.1 Å². The number of hydrogen-bond donors (Lipinski definition) is 2. The van der Waals surface area contributed by atoms with Crippen LogP contribution in [0.3, 0.4) is 0 Å². The Morgan fingerprint density at radius 1 is 1.42 bits per heavy atom. The van der Waals surface area contributed by atoms with Gasteiger partial charge >= 0.3 is 0 Å². The van der Waals surface area contributed by atoms with E-state index in [-0.39, 0.29) is 24.4 Å². The molecule has 136 valence electrons. The summed E-state index contributed by atoms with van der Waals surface area (Å²) in [5.41, 5.74) is 2.08. The third kappa shape index (κ3) is 6.65. The molecule has 2 rings (SSSR count). The largest absolute Gasteiger partial charge is 0.491 e. The van der Waals surface area contributed by atoms with Gasteiger partial charge in [-0.1, -0.05) is 12.1 Å². The molecule has 0 spiro atoms. The summed E-state index contributed by atoms with van der Waals surface area (Å²) in [6.07, 6.45) is 0. The van der Waals surface area contributed by atoms with Crippen LogP contribution >= 0.6 is 12.4 Å². The number of hydrogen-bond acceptors (Lipinski definition) is 5. The predicted molar refractivity (Wildman–Crippen MR) is 94.9 cm³/mol. The van der Waals surface area contributed by atoms with Crippen molar-refractivity contribution in [2.45, 2.75) is 26.4 Å². The maximum absolute atomic E-state index is 12.1. The molecule has 1 unspecified atom stereocenters. The maximum atomic E-state index is 12.1. The normalized spacial score (nSPS) is 17.0. The van der Waals surface area contributed by atoms with Crippen LogP contribution in [0.15, 0.2) is 18.2 Å². The Hall–Kier alpha value is -1.34. The number of morpholine rings is 1. The fraction of sp³-hybridized carbons (Fsp3) is 0.588. The van der Waals surface area contributed by atoms with Gasteiger partial charge in [0.25, 0.3) is 0 Å². The summed E-state index contributed by atoms with van der Waals surface area (Å²) in [6, 6.07) is 5.70. The third-order valence-electron chi connectivity index (χ3n) is 3.60. The molecule has 7 heteroatoms. The first-order valence-electron chi connectivity index (χ1n) is 8.09. The van der Waals surface area contributed by atoms with Crippen LogP contribution in [-0.4, -0.2) is 51.5 Å². The van der Waals surface area contributed by atoms with Gasteiger partial charge in [0.05, 0.1) is 19.8 Å². The molecule has 1 aromatic carbocycles. The van der Waals surface area contributed by atoms with Gasteiger partial charge in [-0.2, -0.15) is 0 Å². The van der Waals surface area contributed by atoms with Crippen LogP contribution in [0, 0.1) is 6.92 Å². The molecule has 1 amide bonds. The lowest BCUT2D eigenvalue weighted by atomic mass is 10.1. The smallest absolute Gasteiger partial charge is 0.239 e. The highest BCUT2D eigenvalue weighted by atomic mass is 35.5. The first-order chi connectivity index (χ1) is 11.2. The number of halogens is 1. The Morgan fingerprint density at radius 2 is 2.25 bits per heavy atom. The third-order valence-corrected chi connectivity index (χ3v) is 3.60. The molecule has 1 aliphatic heterocycles. The highest BCUT2D eigenvalue weighted by Gasteiger charge is 2.21. The summed E-state index contributed by atoms with van der Waals surface area (Å²) < 4.78 is 16.4. The van der Waals surface area contributed by atoms with Crippen molar-refractivity contribution in [3.05, 3.63) is 29.3 Å². The molecule has 2 N–H and O–H groups in total. The molecule has 1 aliphatic rings. The zero-order chi connectivity index (χ0) is 16.5. The van der Waals surface area contributed by atoms with Crippen molar-refractivity contribution in [1.29, 1.82) is 0 Å².